The summed E-state index contributed by atoms with van der Waals surface area (Å²) in [6.07, 6.45) is 0. The molecule has 0 aliphatic carbocycles. The van der Waals surface area contributed by atoms with Gasteiger partial charge in [-0.15, -0.1) is 0 Å². The Kier molecular flexibility index (Phi) is 6.76. The molecule has 0 radical (unpaired) electrons. The first kappa shape index (κ1) is 21.8. The monoisotopic (exact) mass is 383 g/mol. The quantitative estimate of drug-likeness (QED) is 0.696. The van der Waals surface area contributed by atoms with Crippen LogP contribution in [0.25, 0.3) is 0 Å². The van der Waals surface area contributed by atoms with Crippen molar-refractivity contribution in [2.45, 2.75) is 59.3 Å². The van der Waals surface area contributed by atoms with Crippen molar-refractivity contribution in [3.63, 3.8) is 0 Å². The molecule has 4 nitrogen and oxygen atoms in total. The fraction of sp³-hybridized carbons (Fsp3) is 0.458. The fourth-order valence-electron chi connectivity index (χ4n) is 2.88. The minimum absolute atomic E-state index is 0.0448. The van der Waals surface area contributed by atoms with Crippen molar-refractivity contribution in [2.24, 2.45) is 0 Å². The lowest BCUT2D eigenvalue weighted by atomic mass is 9.80. The number of rotatable bonds is 6. The van der Waals surface area contributed by atoms with E-state index in [0.717, 1.165) is 17.1 Å². The third kappa shape index (κ3) is 6.01. The first-order valence-corrected chi connectivity index (χ1v) is 9.81. The highest BCUT2D eigenvalue weighted by atomic mass is 16.5. The van der Waals surface area contributed by atoms with Gasteiger partial charge < -0.3 is 14.8 Å². The molecular formula is C24H33NO3. The van der Waals surface area contributed by atoms with Crippen LogP contribution in [0.5, 0.6) is 11.5 Å². The van der Waals surface area contributed by atoms with Crippen LogP contribution in [0.3, 0.4) is 0 Å². The minimum Gasteiger partial charge on any atom is -0.494 e. The van der Waals surface area contributed by atoms with E-state index in [4.69, 9.17) is 9.47 Å². The molecule has 0 bridgehead atoms. The van der Waals surface area contributed by atoms with Gasteiger partial charge in [-0.2, -0.15) is 0 Å². The zero-order chi connectivity index (χ0) is 20.9. The Hall–Kier alpha value is -2.49. The molecule has 1 amide bonds. The van der Waals surface area contributed by atoms with Crippen molar-refractivity contribution in [2.75, 3.05) is 18.5 Å². The van der Waals surface area contributed by atoms with Crippen LogP contribution in [-0.2, 0) is 15.6 Å². The van der Waals surface area contributed by atoms with Crippen molar-refractivity contribution < 1.29 is 14.3 Å². The molecule has 4 heteroatoms. The molecule has 2 aromatic rings. The van der Waals surface area contributed by atoms with Crippen LogP contribution < -0.4 is 14.8 Å². The second kappa shape index (κ2) is 8.68. The molecule has 1 N–H and O–H groups in total. The Labute approximate surface area is 169 Å². The van der Waals surface area contributed by atoms with E-state index in [0.29, 0.717) is 12.3 Å². The summed E-state index contributed by atoms with van der Waals surface area (Å²) in [6.45, 7) is 15.5. The summed E-state index contributed by atoms with van der Waals surface area (Å²) in [4.78, 5) is 12.4. The van der Waals surface area contributed by atoms with Crippen molar-refractivity contribution in [3.8, 4) is 11.5 Å². The highest BCUT2D eigenvalue weighted by Crippen LogP contribution is 2.35. The predicted molar refractivity (Wildman–Crippen MR) is 116 cm³/mol. The van der Waals surface area contributed by atoms with E-state index >= 15 is 0 Å². The minimum atomic E-state index is -0.201. The summed E-state index contributed by atoms with van der Waals surface area (Å²) >= 11 is 0. The van der Waals surface area contributed by atoms with E-state index in [1.807, 2.05) is 31.2 Å². The lowest BCUT2D eigenvalue weighted by Gasteiger charge is -2.27. The topological polar surface area (TPSA) is 47.6 Å². The highest BCUT2D eigenvalue weighted by molar-refractivity contribution is 5.92. The number of anilines is 1. The van der Waals surface area contributed by atoms with Gasteiger partial charge in [0, 0.05) is 11.8 Å². The van der Waals surface area contributed by atoms with E-state index in [9.17, 15) is 4.79 Å². The standard InChI is InChI=1S/C24H33NO3/c1-8-27-19-11-9-10-18(15-19)25-22(26)16-28-21-13-12-17(23(2,3)4)14-20(21)24(5,6)7/h9-15H,8,16H2,1-7H3,(H,25,26). The lowest BCUT2D eigenvalue weighted by Crippen LogP contribution is -2.22. The number of carbonyl (C=O) groups excluding carboxylic acids is 1. The van der Waals surface area contributed by atoms with E-state index in [2.05, 4.69) is 59.0 Å². The Morgan fingerprint density at radius 2 is 1.64 bits per heavy atom. The molecule has 0 aromatic heterocycles. The van der Waals surface area contributed by atoms with E-state index < -0.39 is 0 Å². The summed E-state index contributed by atoms with van der Waals surface area (Å²) in [5.74, 6) is 1.28. The number of hydrogen-bond acceptors (Lipinski definition) is 3. The van der Waals surface area contributed by atoms with Crippen molar-refractivity contribution in [3.05, 3.63) is 53.6 Å². The average molecular weight is 384 g/mol. The molecule has 28 heavy (non-hydrogen) atoms. The van der Waals surface area contributed by atoms with Crippen LogP contribution in [0.15, 0.2) is 42.5 Å². The number of amides is 1. The van der Waals surface area contributed by atoms with Crippen LogP contribution in [0.1, 0.15) is 59.6 Å². The average Bonchev–Trinajstić information content (AvgIpc) is 2.59. The number of carbonyl (C=O) groups is 1. The van der Waals surface area contributed by atoms with Crippen LogP contribution in [-0.4, -0.2) is 19.1 Å². The van der Waals surface area contributed by atoms with Gasteiger partial charge in [-0.1, -0.05) is 59.7 Å². The van der Waals surface area contributed by atoms with Gasteiger partial charge in [-0.05, 0) is 47.1 Å². The smallest absolute Gasteiger partial charge is 0.262 e. The molecule has 0 saturated carbocycles. The summed E-state index contributed by atoms with van der Waals surface area (Å²) in [5, 5.41) is 2.86. The normalized spacial score (nSPS) is 11.8. The predicted octanol–water partition coefficient (Wildman–Crippen LogP) is 5.70. The number of hydrogen-bond donors (Lipinski definition) is 1. The summed E-state index contributed by atoms with van der Waals surface area (Å²) in [7, 11) is 0. The zero-order valence-electron chi connectivity index (χ0n) is 18.2. The maximum atomic E-state index is 12.4. The molecule has 0 atom stereocenters. The summed E-state index contributed by atoms with van der Waals surface area (Å²) in [5.41, 5.74) is 3.02. The van der Waals surface area contributed by atoms with Gasteiger partial charge in [-0.3, -0.25) is 4.79 Å². The molecule has 152 valence electrons. The van der Waals surface area contributed by atoms with Crippen LogP contribution in [0.2, 0.25) is 0 Å². The number of benzene rings is 2. The van der Waals surface area contributed by atoms with Gasteiger partial charge in [0.2, 0.25) is 0 Å². The SMILES string of the molecule is CCOc1cccc(NC(=O)COc2ccc(C(C)(C)C)cc2C(C)(C)C)c1. The maximum Gasteiger partial charge on any atom is 0.262 e. The van der Waals surface area contributed by atoms with Crippen LogP contribution in [0, 0.1) is 0 Å². The maximum absolute atomic E-state index is 12.4. The fourth-order valence-corrected chi connectivity index (χ4v) is 2.88. The summed E-state index contributed by atoms with van der Waals surface area (Å²) in [6, 6.07) is 13.6. The zero-order valence-corrected chi connectivity index (χ0v) is 18.2. The van der Waals surface area contributed by atoms with Crippen molar-refractivity contribution >= 4 is 11.6 Å². The molecule has 0 fully saturated rings. The Morgan fingerprint density at radius 3 is 2.25 bits per heavy atom. The second-order valence-electron chi connectivity index (χ2n) is 9.01. The van der Waals surface area contributed by atoms with Gasteiger partial charge in [-0.25, -0.2) is 0 Å². The summed E-state index contributed by atoms with van der Waals surface area (Å²) < 4.78 is 11.4. The van der Waals surface area contributed by atoms with Crippen LogP contribution in [0.4, 0.5) is 5.69 Å². The molecule has 0 aliphatic heterocycles. The van der Waals surface area contributed by atoms with Crippen molar-refractivity contribution in [1.29, 1.82) is 0 Å². The molecule has 2 aromatic carbocycles. The molecular weight excluding hydrogens is 350 g/mol. The van der Waals surface area contributed by atoms with E-state index in [1.165, 1.54) is 5.56 Å². The van der Waals surface area contributed by atoms with E-state index in [1.54, 1.807) is 6.07 Å². The van der Waals surface area contributed by atoms with Crippen LogP contribution >= 0.6 is 0 Å². The molecule has 0 heterocycles. The van der Waals surface area contributed by atoms with Gasteiger partial charge in [0.25, 0.3) is 5.91 Å². The lowest BCUT2D eigenvalue weighted by molar-refractivity contribution is -0.118. The van der Waals surface area contributed by atoms with Gasteiger partial charge in [0.15, 0.2) is 6.61 Å². The van der Waals surface area contributed by atoms with Crippen molar-refractivity contribution in [1.82, 2.24) is 0 Å². The third-order valence-electron chi connectivity index (χ3n) is 4.44. The highest BCUT2D eigenvalue weighted by Gasteiger charge is 2.23. The number of nitrogens with one attached hydrogen (secondary N) is 1. The van der Waals surface area contributed by atoms with Gasteiger partial charge in [0.1, 0.15) is 11.5 Å². The largest absolute Gasteiger partial charge is 0.494 e. The molecule has 0 aliphatic rings. The van der Waals surface area contributed by atoms with Gasteiger partial charge >= 0.3 is 0 Å². The molecule has 2 rings (SSSR count). The first-order valence-electron chi connectivity index (χ1n) is 9.81. The van der Waals surface area contributed by atoms with E-state index in [-0.39, 0.29) is 23.3 Å². The second-order valence-corrected chi connectivity index (χ2v) is 9.01. The number of ether oxygens (including phenoxy) is 2. The Bertz CT molecular complexity index is 813. The Morgan fingerprint density at radius 1 is 0.929 bits per heavy atom. The van der Waals surface area contributed by atoms with Gasteiger partial charge in [0.05, 0.1) is 6.61 Å². The first-order chi connectivity index (χ1) is 13.0. The third-order valence-corrected chi connectivity index (χ3v) is 4.44. The molecule has 0 saturated heterocycles. The molecule has 0 spiro atoms. The Balaban J connectivity index is 2.11. The molecule has 0 unspecified atom stereocenters.